The quantitative estimate of drug-likeness (QED) is 0.706. The smallest absolute Gasteiger partial charge is 0.122 e. The first-order valence-corrected chi connectivity index (χ1v) is 5.43. The molecular formula is C13H20O. The van der Waals surface area contributed by atoms with Crippen molar-refractivity contribution in [1.29, 1.82) is 0 Å². The lowest BCUT2D eigenvalue weighted by Crippen LogP contribution is -2.10. The fourth-order valence-electron chi connectivity index (χ4n) is 1.29. The topological polar surface area (TPSA) is 9.23 Å². The van der Waals surface area contributed by atoms with Crippen molar-refractivity contribution in [1.82, 2.24) is 0 Å². The molecule has 0 aliphatic carbocycles. The Hall–Kier alpha value is -0.980. The van der Waals surface area contributed by atoms with E-state index in [0.717, 1.165) is 18.6 Å². The van der Waals surface area contributed by atoms with Crippen molar-refractivity contribution in [3.8, 4) is 5.75 Å². The predicted octanol–water partition coefficient (Wildman–Crippen LogP) is 3.73. The number of hydrogen-bond donors (Lipinski definition) is 0. The van der Waals surface area contributed by atoms with Crippen molar-refractivity contribution < 1.29 is 4.74 Å². The van der Waals surface area contributed by atoms with Crippen LogP contribution in [-0.2, 0) is 6.42 Å². The van der Waals surface area contributed by atoms with Crippen molar-refractivity contribution in [2.24, 2.45) is 0 Å². The molecule has 0 spiro atoms. The Bertz CT molecular complexity index is 291. The molecule has 1 heteroatoms. The summed E-state index contributed by atoms with van der Waals surface area (Å²) < 4.78 is 5.84. The lowest BCUT2D eigenvalue weighted by molar-refractivity contribution is 0.216. The summed E-state index contributed by atoms with van der Waals surface area (Å²) in [5.74, 6) is 1.04. The maximum absolute atomic E-state index is 5.84. The van der Waals surface area contributed by atoms with Crippen LogP contribution in [-0.4, -0.2) is 6.10 Å². The molecule has 1 unspecified atom stereocenters. The zero-order valence-electron chi connectivity index (χ0n) is 9.63. The predicted molar refractivity (Wildman–Crippen MR) is 60.9 cm³/mol. The molecule has 0 saturated carbocycles. The van der Waals surface area contributed by atoms with Crippen LogP contribution in [0.4, 0.5) is 0 Å². The minimum atomic E-state index is 0.306. The van der Waals surface area contributed by atoms with E-state index in [2.05, 4.69) is 45.9 Å². The summed E-state index contributed by atoms with van der Waals surface area (Å²) in [6.07, 6.45) is 2.42. The van der Waals surface area contributed by atoms with Gasteiger partial charge in [0.1, 0.15) is 5.75 Å². The van der Waals surface area contributed by atoms with E-state index in [0.29, 0.717) is 6.10 Å². The molecule has 0 saturated heterocycles. The van der Waals surface area contributed by atoms with E-state index >= 15 is 0 Å². The summed E-state index contributed by atoms with van der Waals surface area (Å²) >= 11 is 0. The summed E-state index contributed by atoms with van der Waals surface area (Å²) in [7, 11) is 0. The van der Waals surface area contributed by atoms with E-state index < -0.39 is 0 Å². The first kappa shape index (κ1) is 11.1. The number of hydrogen-bond acceptors (Lipinski definition) is 1. The van der Waals surface area contributed by atoms with Gasteiger partial charge in [-0.05, 0) is 43.9 Å². The van der Waals surface area contributed by atoms with E-state index in [-0.39, 0.29) is 0 Å². The Morgan fingerprint density at radius 1 is 1.29 bits per heavy atom. The highest BCUT2D eigenvalue weighted by Gasteiger charge is 2.04. The number of aryl methyl sites for hydroxylation is 2. The third kappa shape index (κ3) is 2.76. The molecule has 0 amide bonds. The van der Waals surface area contributed by atoms with Crippen LogP contribution in [0, 0.1) is 6.92 Å². The average molecular weight is 192 g/mol. The molecule has 0 bridgehead atoms. The normalized spacial score (nSPS) is 12.6. The summed E-state index contributed by atoms with van der Waals surface area (Å²) in [6.45, 7) is 8.51. The Balaban J connectivity index is 2.83. The van der Waals surface area contributed by atoms with E-state index in [4.69, 9.17) is 4.74 Å². The van der Waals surface area contributed by atoms with Gasteiger partial charge in [-0.2, -0.15) is 0 Å². The van der Waals surface area contributed by atoms with Gasteiger partial charge in [0.25, 0.3) is 0 Å². The monoisotopic (exact) mass is 192 g/mol. The van der Waals surface area contributed by atoms with Crippen LogP contribution in [0.1, 0.15) is 38.3 Å². The van der Waals surface area contributed by atoms with E-state index in [9.17, 15) is 0 Å². The van der Waals surface area contributed by atoms with Crippen LogP contribution in [0.25, 0.3) is 0 Å². The standard InChI is InChI=1S/C13H20O/c1-5-11(4)14-13-9-12(6-2)8-7-10(13)3/h7-9,11H,5-6H2,1-4H3. The third-order valence-corrected chi connectivity index (χ3v) is 2.56. The van der Waals surface area contributed by atoms with Crippen molar-refractivity contribution in [2.45, 2.75) is 46.6 Å². The second-order valence-corrected chi connectivity index (χ2v) is 3.79. The van der Waals surface area contributed by atoms with Crippen molar-refractivity contribution in [2.75, 3.05) is 0 Å². The van der Waals surface area contributed by atoms with Gasteiger partial charge in [0.15, 0.2) is 0 Å². The van der Waals surface area contributed by atoms with Crippen LogP contribution in [0.5, 0.6) is 5.75 Å². The van der Waals surface area contributed by atoms with Gasteiger partial charge in [0.2, 0.25) is 0 Å². The fraction of sp³-hybridized carbons (Fsp3) is 0.538. The molecule has 1 nitrogen and oxygen atoms in total. The van der Waals surface area contributed by atoms with E-state index in [1.165, 1.54) is 11.1 Å². The Morgan fingerprint density at radius 3 is 2.57 bits per heavy atom. The maximum atomic E-state index is 5.84. The minimum Gasteiger partial charge on any atom is -0.490 e. The molecule has 1 atom stereocenters. The summed E-state index contributed by atoms with van der Waals surface area (Å²) in [6, 6.07) is 6.46. The van der Waals surface area contributed by atoms with Crippen LogP contribution in [0.3, 0.4) is 0 Å². The van der Waals surface area contributed by atoms with Gasteiger partial charge in [0.05, 0.1) is 6.10 Å². The van der Waals surface area contributed by atoms with Crippen LogP contribution >= 0.6 is 0 Å². The molecule has 0 aromatic heterocycles. The summed E-state index contributed by atoms with van der Waals surface area (Å²) in [5.41, 5.74) is 2.57. The van der Waals surface area contributed by atoms with Gasteiger partial charge in [-0.1, -0.05) is 26.0 Å². The fourth-order valence-corrected chi connectivity index (χ4v) is 1.29. The number of benzene rings is 1. The highest BCUT2D eigenvalue weighted by molar-refractivity contribution is 5.36. The van der Waals surface area contributed by atoms with Crippen LogP contribution in [0.15, 0.2) is 18.2 Å². The molecule has 0 aliphatic rings. The SMILES string of the molecule is CCc1ccc(C)c(OC(C)CC)c1. The molecule has 1 aromatic rings. The Morgan fingerprint density at radius 2 is 2.00 bits per heavy atom. The second kappa shape index (κ2) is 5.04. The molecule has 0 fully saturated rings. The van der Waals surface area contributed by atoms with Gasteiger partial charge < -0.3 is 4.74 Å². The first-order chi connectivity index (χ1) is 6.67. The van der Waals surface area contributed by atoms with Gasteiger partial charge in [-0.15, -0.1) is 0 Å². The molecule has 0 N–H and O–H groups in total. The zero-order valence-corrected chi connectivity index (χ0v) is 9.63. The lowest BCUT2D eigenvalue weighted by Gasteiger charge is -2.15. The highest BCUT2D eigenvalue weighted by Crippen LogP contribution is 2.21. The molecule has 1 aromatic carbocycles. The van der Waals surface area contributed by atoms with Crippen LogP contribution in [0.2, 0.25) is 0 Å². The molecule has 14 heavy (non-hydrogen) atoms. The maximum Gasteiger partial charge on any atom is 0.122 e. The molecule has 0 aliphatic heterocycles. The molecule has 0 radical (unpaired) electrons. The van der Waals surface area contributed by atoms with Crippen molar-refractivity contribution >= 4 is 0 Å². The zero-order chi connectivity index (χ0) is 10.6. The van der Waals surface area contributed by atoms with Crippen molar-refractivity contribution in [3.63, 3.8) is 0 Å². The van der Waals surface area contributed by atoms with Crippen LogP contribution < -0.4 is 4.74 Å². The van der Waals surface area contributed by atoms with Crippen molar-refractivity contribution in [3.05, 3.63) is 29.3 Å². The summed E-state index contributed by atoms with van der Waals surface area (Å²) in [4.78, 5) is 0. The molecular weight excluding hydrogens is 172 g/mol. The van der Waals surface area contributed by atoms with Gasteiger partial charge in [-0.25, -0.2) is 0 Å². The molecule has 0 heterocycles. The van der Waals surface area contributed by atoms with E-state index in [1.54, 1.807) is 0 Å². The molecule has 1 rings (SSSR count). The minimum absolute atomic E-state index is 0.306. The third-order valence-electron chi connectivity index (χ3n) is 2.56. The number of rotatable bonds is 4. The van der Waals surface area contributed by atoms with Gasteiger partial charge in [-0.3, -0.25) is 0 Å². The Kier molecular flexibility index (Phi) is 3.99. The summed E-state index contributed by atoms with van der Waals surface area (Å²) in [5, 5.41) is 0. The first-order valence-electron chi connectivity index (χ1n) is 5.43. The lowest BCUT2D eigenvalue weighted by atomic mass is 10.1. The van der Waals surface area contributed by atoms with Gasteiger partial charge >= 0.3 is 0 Å². The highest BCUT2D eigenvalue weighted by atomic mass is 16.5. The van der Waals surface area contributed by atoms with E-state index in [1.807, 2.05) is 0 Å². The largest absolute Gasteiger partial charge is 0.490 e. The Labute approximate surface area is 87.1 Å². The average Bonchev–Trinajstić information content (AvgIpc) is 2.21. The van der Waals surface area contributed by atoms with Gasteiger partial charge in [0, 0.05) is 0 Å². The number of ether oxygens (including phenoxy) is 1. The second-order valence-electron chi connectivity index (χ2n) is 3.79. The molecule has 78 valence electrons.